The van der Waals surface area contributed by atoms with Crippen molar-refractivity contribution in [2.45, 2.75) is 18.5 Å². The number of amides is 1. The standard InChI is InChI=1S/C17H15F3N2O2/c1-24-12-5-2-10(3-6-12)13-8-14(13)16(23)22-15-7-4-11(9-21-15)17(18,19)20/h2-7,9,13-14H,8H2,1H3,(H,21,22,23). The highest BCUT2D eigenvalue weighted by Gasteiger charge is 2.44. The maximum Gasteiger partial charge on any atom is 0.417 e. The minimum atomic E-state index is -4.44. The fourth-order valence-electron chi connectivity index (χ4n) is 2.56. The van der Waals surface area contributed by atoms with Crippen LogP contribution in [-0.4, -0.2) is 18.0 Å². The third-order valence-electron chi connectivity index (χ3n) is 4.01. The van der Waals surface area contributed by atoms with Crippen LogP contribution in [0.5, 0.6) is 5.75 Å². The van der Waals surface area contributed by atoms with E-state index in [1.165, 1.54) is 0 Å². The monoisotopic (exact) mass is 336 g/mol. The van der Waals surface area contributed by atoms with E-state index in [1.54, 1.807) is 7.11 Å². The third-order valence-corrected chi connectivity index (χ3v) is 4.01. The van der Waals surface area contributed by atoms with Gasteiger partial charge in [-0.1, -0.05) is 12.1 Å². The van der Waals surface area contributed by atoms with Gasteiger partial charge in [0.2, 0.25) is 5.91 Å². The summed E-state index contributed by atoms with van der Waals surface area (Å²) in [4.78, 5) is 15.8. The molecule has 0 saturated heterocycles. The molecule has 1 aliphatic rings. The first kappa shape index (κ1) is 16.3. The van der Waals surface area contributed by atoms with Crippen LogP contribution < -0.4 is 10.1 Å². The highest BCUT2D eigenvalue weighted by molar-refractivity contribution is 5.94. The number of aromatic nitrogens is 1. The lowest BCUT2D eigenvalue weighted by atomic mass is 10.1. The van der Waals surface area contributed by atoms with Gasteiger partial charge >= 0.3 is 6.18 Å². The van der Waals surface area contributed by atoms with Crippen LogP contribution in [0.1, 0.15) is 23.5 Å². The Labute approximate surface area is 136 Å². The molecular formula is C17H15F3N2O2. The number of carbonyl (C=O) groups excluding carboxylic acids is 1. The summed E-state index contributed by atoms with van der Waals surface area (Å²) in [5.74, 6) is 0.554. The first-order valence-electron chi connectivity index (χ1n) is 7.36. The van der Waals surface area contributed by atoms with Crippen molar-refractivity contribution < 1.29 is 22.7 Å². The summed E-state index contributed by atoms with van der Waals surface area (Å²) in [6.45, 7) is 0. The maximum absolute atomic E-state index is 12.5. The zero-order valence-corrected chi connectivity index (χ0v) is 12.8. The predicted molar refractivity (Wildman–Crippen MR) is 81.7 cm³/mol. The fourth-order valence-corrected chi connectivity index (χ4v) is 2.56. The minimum absolute atomic E-state index is 0.116. The number of pyridine rings is 1. The van der Waals surface area contributed by atoms with E-state index in [1.807, 2.05) is 24.3 Å². The van der Waals surface area contributed by atoms with Crippen LogP contribution in [0.4, 0.5) is 19.0 Å². The largest absolute Gasteiger partial charge is 0.497 e. The Balaban J connectivity index is 1.60. The van der Waals surface area contributed by atoms with E-state index >= 15 is 0 Å². The van der Waals surface area contributed by atoms with E-state index in [-0.39, 0.29) is 23.6 Å². The molecule has 24 heavy (non-hydrogen) atoms. The number of benzene rings is 1. The van der Waals surface area contributed by atoms with Crippen LogP contribution >= 0.6 is 0 Å². The number of alkyl halides is 3. The average molecular weight is 336 g/mol. The second kappa shape index (κ2) is 6.14. The zero-order chi connectivity index (χ0) is 17.3. The summed E-state index contributed by atoms with van der Waals surface area (Å²) in [6.07, 6.45) is -3.02. The topological polar surface area (TPSA) is 51.2 Å². The Bertz CT molecular complexity index is 727. The number of nitrogens with zero attached hydrogens (tertiary/aromatic N) is 1. The van der Waals surface area contributed by atoms with Crippen LogP contribution in [0.2, 0.25) is 0 Å². The van der Waals surface area contributed by atoms with Crippen LogP contribution in [0.25, 0.3) is 0 Å². The molecule has 1 saturated carbocycles. The highest BCUT2D eigenvalue weighted by atomic mass is 19.4. The van der Waals surface area contributed by atoms with Gasteiger partial charge in [-0.15, -0.1) is 0 Å². The fraction of sp³-hybridized carbons (Fsp3) is 0.294. The van der Waals surface area contributed by atoms with Crippen LogP contribution in [-0.2, 0) is 11.0 Å². The van der Waals surface area contributed by atoms with Gasteiger partial charge in [-0.05, 0) is 42.2 Å². The van der Waals surface area contributed by atoms with Crippen molar-refractivity contribution in [3.05, 3.63) is 53.7 Å². The molecule has 0 radical (unpaired) electrons. The van der Waals surface area contributed by atoms with Gasteiger partial charge in [0, 0.05) is 12.1 Å². The summed E-state index contributed by atoms with van der Waals surface area (Å²) in [7, 11) is 1.58. The van der Waals surface area contributed by atoms with Gasteiger partial charge in [0.15, 0.2) is 0 Å². The molecule has 4 nitrogen and oxygen atoms in total. The molecule has 1 heterocycles. The lowest BCUT2D eigenvalue weighted by Gasteiger charge is -2.08. The number of hydrogen-bond donors (Lipinski definition) is 1. The molecule has 1 aliphatic carbocycles. The Morgan fingerprint density at radius 2 is 1.92 bits per heavy atom. The van der Waals surface area contributed by atoms with Crippen LogP contribution in [0.15, 0.2) is 42.6 Å². The predicted octanol–water partition coefficient (Wildman–Crippen LogP) is 3.85. The molecule has 7 heteroatoms. The van der Waals surface area contributed by atoms with Crippen LogP contribution in [0, 0.1) is 5.92 Å². The highest BCUT2D eigenvalue weighted by Crippen LogP contribution is 2.48. The lowest BCUT2D eigenvalue weighted by Crippen LogP contribution is -2.16. The van der Waals surface area contributed by atoms with Gasteiger partial charge in [0.1, 0.15) is 11.6 Å². The van der Waals surface area contributed by atoms with Crippen molar-refractivity contribution in [2.75, 3.05) is 12.4 Å². The van der Waals surface area contributed by atoms with Gasteiger partial charge in [-0.25, -0.2) is 4.98 Å². The SMILES string of the molecule is COc1ccc(C2CC2C(=O)Nc2ccc(C(F)(F)F)cn2)cc1. The Morgan fingerprint density at radius 1 is 1.21 bits per heavy atom. The summed E-state index contributed by atoms with van der Waals surface area (Å²) in [5, 5.41) is 2.56. The molecule has 3 rings (SSSR count). The van der Waals surface area contributed by atoms with Crippen molar-refractivity contribution >= 4 is 11.7 Å². The van der Waals surface area contributed by atoms with Gasteiger partial charge in [0.25, 0.3) is 0 Å². The lowest BCUT2D eigenvalue weighted by molar-refractivity contribution is -0.137. The van der Waals surface area contributed by atoms with Crippen LogP contribution in [0.3, 0.4) is 0 Å². The quantitative estimate of drug-likeness (QED) is 0.923. The maximum atomic E-state index is 12.5. The first-order valence-corrected chi connectivity index (χ1v) is 7.36. The van der Waals surface area contributed by atoms with E-state index in [0.29, 0.717) is 12.6 Å². The first-order chi connectivity index (χ1) is 11.4. The number of carbonyl (C=O) groups is 1. The van der Waals surface area contributed by atoms with E-state index < -0.39 is 11.7 Å². The summed E-state index contributed by atoms with van der Waals surface area (Å²) >= 11 is 0. The van der Waals surface area contributed by atoms with E-state index in [4.69, 9.17) is 4.74 Å². The smallest absolute Gasteiger partial charge is 0.417 e. The molecule has 1 N–H and O–H groups in total. The van der Waals surface area contributed by atoms with E-state index in [2.05, 4.69) is 10.3 Å². The van der Waals surface area contributed by atoms with Crippen molar-refractivity contribution in [3.8, 4) is 5.75 Å². The van der Waals surface area contributed by atoms with Crippen molar-refractivity contribution in [2.24, 2.45) is 5.92 Å². The second-order valence-electron chi connectivity index (χ2n) is 5.64. The number of ether oxygens (including phenoxy) is 1. The van der Waals surface area contributed by atoms with Crippen molar-refractivity contribution in [1.29, 1.82) is 0 Å². The molecule has 1 aromatic heterocycles. The molecule has 1 amide bonds. The normalized spacial score (nSPS) is 19.7. The third kappa shape index (κ3) is 3.50. The summed E-state index contributed by atoms with van der Waals surface area (Å²) < 4.78 is 42.5. The molecule has 2 unspecified atom stereocenters. The Hall–Kier alpha value is -2.57. The van der Waals surface area contributed by atoms with Gasteiger partial charge in [-0.2, -0.15) is 13.2 Å². The number of halogens is 3. The van der Waals surface area contributed by atoms with E-state index in [0.717, 1.165) is 23.4 Å². The number of rotatable bonds is 4. The molecular weight excluding hydrogens is 321 g/mol. The number of nitrogens with one attached hydrogen (secondary N) is 1. The number of hydrogen-bond acceptors (Lipinski definition) is 3. The molecule has 126 valence electrons. The zero-order valence-electron chi connectivity index (χ0n) is 12.8. The second-order valence-corrected chi connectivity index (χ2v) is 5.64. The van der Waals surface area contributed by atoms with Crippen molar-refractivity contribution in [1.82, 2.24) is 4.98 Å². The molecule has 2 aromatic rings. The average Bonchev–Trinajstić information content (AvgIpc) is 3.35. The minimum Gasteiger partial charge on any atom is -0.497 e. The number of anilines is 1. The molecule has 0 aliphatic heterocycles. The molecule has 1 fully saturated rings. The molecule has 0 bridgehead atoms. The van der Waals surface area contributed by atoms with Gasteiger partial charge in [-0.3, -0.25) is 4.79 Å². The van der Waals surface area contributed by atoms with Gasteiger partial charge < -0.3 is 10.1 Å². The molecule has 1 aromatic carbocycles. The van der Waals surface area contributed by atoms with Gasteiger partial charge in [0.05, 0.1) is 12.7 Å². The van der Waals surface area contributed by atoms with E-state index in [9.17, 15) is 18.0 Å². The molecule has 0 spiro atoms. The van der Waals surface area contributed by atoms with Crippen molar-refractivity contribution in [3.63, 3.8) is 0 Å². The number of methoxy groups -OCH3 is 1. The Kier molecular flexibility index (Phi) is 4.17. The summed E-state index contributed by atoms with van der Waals surface area (Å²) in [5.41, 5.74) is 0.194. The summed E-state index contributed by atoms with van der Waals surface area (Å²) in [6, 6.07) is 9.54. The molecule has 2 atom stereocenters. The Morgan fingerprint density at radius 3 is 2.46 bits per heavy atom.